The number of nitrogens with zero attached hydrogens (tertiary/aromatic N) is 3. The molecule has 15 nitrogen and oxygen atoms in total. The van der Waals surface area contributed by atoms with Crippen LogP contribution < -0.4 is 19.9 Å². The van der Waals surface area contributed by atoms with Crippen LogP contribution in [0.2, 0.25) is 10.0 Å². The van der Waals surface area contributed by atoms with Crippen LogP contribution in [0, 0.1) is 0 Å². The molecule has 350 valence electrons. The number of carbonyl (C=O) groups excluding carboxylic acids is 2. The summed E-state index contributed by atoms with van der Waals surface area (Å²) in [4.78, 5) is 34.9. The Morgan fingerprint density at radius 1 is 0.730 bits per heavy atom. The summed E-state index contributed by atoms with van der Waals surface area (Å²) in [6.45, 7) is 8.19. The minimum absolute atomic E-state index is 0.145. The highest BCUT2D eigenvalue weighted by molar-refractivity contribution is 8.01. The second kappa shape index (κ2) is 27.8. The molecule has 1 saturated carbocycles. The van der Waals surface area contributed by atoms with E-state index in [9.17, 15) is 13.8 Å². The molecule has 0 atom stereocenters. The zero-order valence-electron chi connectivity index (χ0n) is 36.6. The molecule has 0 spiro atoms. The molecule has 1 aromatic heterocycles. The third-order valence-corrected chi connectivity index (χ3v) is 12.1. The van der Waals surface area contributed by atoms with E-state index < -0.39 is 9.93 Å². The van der Waals surface area contributed by atoms with Crippen molar-refractivity contribution in [3.63, 3.8) is 0 Å². The molecule has 0 bridgehead atoms. The van der Waals surface area contributed by atoms with Crippen molar-refractivity contribution >= 4 is 56.3 Å². The molecule has 2 amide bonds. The minimum Gasteiger partial charge on any atom is -0.455 e. The van der Waals surface area contributed by atoms with Gasteiger partial charge in [-0.15, -0.1) is 9.93 Å². The maximum atomic E-state index is 14.0. The molecule has 2 aromatic carbocycles. The summed E-state index contributed by atoms with van der Waals surface area (Å²) in [6, 6.07) is 13.4. The lowest BCUT2D eigenvalue weighted by Gasteiger charge is -2.38. The normalized spacial score (nSPS) is 14.2. The maximum absolute atomic E-state index is 14.0. The Morgan fingerprint density at radius 3 is 1.89 bits per heavy atom. The van der Waals surface area contributed by atoms with Gasteiger partial charge in [0.2, 0.25) is 5.91 Å². The zero-order valence-corrected chi connectivity index (χ0v) is 39.0. The molecule has 0 unspecified atom stereocenters. The third kappa shape index (κ3) is 18.5. The van der Waals surface area contributed by atoms with Gasteiger partial charge in [-0.25, -0.2) is 0 Å². The minimum atomic E-state index is -1.96. The number of hydrogen-bond acceptors (Lipinski definition) is 13. The van der Waals surface area contributed by atoms with Gasteiger partial charge in [-0.1, -0.05) is 35.3 Å². The van der Waals surface area contributed by atoms with Crippen LogP contribution in [0.3, 0.4) is 0 Å². The van der Waals surface area contributed by atoms with E-state index in [2.05, 4.69) is 21.3 Å². The van der Waals surface area contributed by atoms with Crippen molar-refractivity contribution < 1.29 is 51.7 Å². The first kappa shape index (κ1) is 50.6. The number of nitrogens with one attached hydrogen (secondary N) is 1. The number of aromatic nitrogens is 1. The van der Waals surface area contributed by atoms with Gasteiger partial charge in [0.15, 0.2) is 0 Å². The van der Waals surface area contributed by atoms with Crippen LogP contribution in [-0.2, 0) is 54.3 Å². The molecule has 2 heterocycles. The maximum Gasteiger partial charge on any atom is 0.263 e. The number of thiol groups is 1. The van der Waals surface area contributed by atoms with Gasteiger partial charge < -0.3 is 53.0 Å². The highest BCUT2D eigenvalue weighted by Gasteiger charge is 2.36. The van der Waals surface area contributed by atoms with Gasteiger partial charge in [0, 0.05) is 67.9 Å². The molecule has 1 aliphatic carbocycles. The van der Waals surface area contributed by atoms with Crippen LogP contribution in [0.25, 0.3) is 0 Å². The van der Waals surface area contributed by atoms with Crippen LogP contribution >= 0.6 is 23.2 Å². The molecule has 0 saturated heterocycles. The standard InChI is InChI=1S/C45H64Cl2N4O11S/c1-63(2,54)31-5-17-55-19-21-57-23-25-59-27-29-61-30-28-60-26-24-58-22-20-56-18-14-49-44(52)11-8-35-32-39(47)43(33-38(35)46)62-42-12-13-48-34-37(42)45(53)51-16-15-50(36-9-10-36)40-6-3-4-7-41(40)51/h3-4,6-7,12-13,32-34,36,63H,5,8-11,14-31H2,1-2H3,(H,49,52). The monoisotopic (exact) mass is 938 g/mol. The van der Waals surface area contributed by atoms with Gasteiger partial charge in [0.05, 0.1) is 102 Å². The van der Waals surface area contributed by atoms with Crippen molar-refractivity contribution in [1.29, 1.82) is 0 Å². The molecule has 18 heteroatoms. The van der Waals surface area contributed by atoms with Gasteiger partial charge in [-0.3, -0.25) is 18.8 Å². The fraction of sp³-hybridized carbons (Fsp3) is 0.578. The molecule has 3 aromatic rings. The first-order valence-electron chi connectivity index (χ1n) is 21.7. The third-order valence-electron chi connectivity index (χ3n) is 10.0. The Morgan fingerprint density at radius 2 is 1.30 bits per heavy atom. The van der Waals surface area contributed by atoms with Gasteiger partial charge in [-0.2, -0.15) is 0 Å². The lowest BCUT2D eigenvalue weighted by molar-refractivity contribution is -0.121. The SMILES string of the molecule is C[SH](C)(=O)CCCOCCOCCOCCOCCOCCOCCOCCNC(=O)CCc1cc(Cl)c(Oc2ccncc2C(=O)N2CCN(C3CC3)c3ccccc32)cc1Cl. The fourth-order valence-electron chi connectivity index (χ4n) is 6.66. The molecule has 0 radical (unpaired) electrons. The van der Waals surface area contributed by atoms with Crippen molar-refractivity contribution in [3.05, 3.63) is 76.0 Å². The smallest absolute Gasteiger partial charge is 0.263 e. The quantitative estimate of drug-likeness (QED) is 0.0587. The highest BCUT2D eigenvalue weighted by Crippen LogP contribution is 2.41. The Balaban J connectivity index is 0.853. The van der Waals surface area contributed by atoms with E-state index in [4.69, 9.17) is 61.1 Å². The van der Waals surface area contributed by atoms with Crippen LogP contribution in [0.15, 0.2) is 54.9 Å². The van der Waals surface area contributed by atoms with E-state index in [1.54, 1.807) is 41.8 Å². The van der Waals surface area contributed by atoms with Crippen molar-refractivity contribution in [3.8, 4) is 11.5 Å². The second-order valence-corrected chi connectivity index (χ2v) is 19.9. The fourth-order valence-corrected chi connectivity index (χ4v) is 8.03. The van der Waals surface area contributed by atoms with E-state index in [0.29, 0.717) is 156 Å². The molecule has 1 N–H and O–H groups in total. The number of halogens is 2. The molecule has 1 fully saturated rings. The average Bonchev–Trinajstić information content (AvgIpc) is 4.12. The number of para-hydroxylation sites is 2. The number of fused-ring (bicyclic) bond motifs is 1. The predicted molar refractivity (Wildman–Crippen MR) is 247 cm³/mol. The Kier molecular flexibility index (Phi) is 22.3. The summed E-state index contributed by atoms with van der Waals surface area (Å²) in [5.74, 6) is 0.956. The average molecular weight is 940 g/mol. The van der Waals surface area contributed by atoms with Gasteiger partial charge in [0.25, 0.3) is 5.91 Å². The topological polar surface area (TPSA) is 156 Å². The summed E-state index contributed by atoms with van der Waals surface area (Å²) < 4.78 is 56.3. The number of carbonyl (C=O) groups is 2. The number of anilines is 2. The molecular weight excluding hydrogens is 875 g/mol. The van der Waals surface area contributed by atoms with Crippen molar-refractivity contribution in [2.75, 3.05) is 140 Å². The summed E-state index contributed by atoms with van der Waals surface area (Å²) in [7, 11) is -1.96. The van der Waals surface area contributed by atoms with Gasteiger partial charge in [-0.05, 0) is 68.0 Å². The first-order valence-corrected chi connectivity index (χ1v) is 25.3. The molecule has 2 aliphatic rings. The summed E-state index contributed by atoms with van der Waals surface area (Å²) in [5.41, 5.74) is 2.93. The molecule has 63 heavy (non-hydrogen) atoms. The van der Waals surface area contributed by atoms with E-state index in [-0.39, 0.29) is 18.2 Å². The molecular formula is C45H64Cl2N4O11S. The largest absolute Gasteiger partial charge is 0.455 e. The Hall–Kier alpha value is -3.42. The lowest BCUT2D eigenvalue weighted by Crippen LogP contribution is -2.45. The highest BCUT2D eigenvalue weighted by atomic mass is 35.5. The Bertz CT molecular complexity index is 1900. The van der Waals surface area contributed by atoms with Crippen molar-refractivity contribution in [2.24, 2.45) is 0 Å². The first-order chi connectivity index (χ1) is 30.6. The van der Waals surface area contributed by atoms with E-state index in [1.807, 2.05) is 18.2 Å². The van der Waals surface area contributed by atoms with Crippen LogP contribution in [-0.4, -0.2) is 157 Å². The number of amides is 2. The van der Waals surface area contributed by atoms with E-state index in [1.165, 1.54) is 19.0 Å². The number of pyridine rings is 1. The van der Waals surface area contributed by atoms with Crippen LogP contribution in [0.4, 0.5) is 11.4 Å². The zero-order chi connectivity index (χ0) is 44.7. The second-order valence-electron chi connectivity index (χ2n) is 15.5. The van der Waals surface area contributed by atoms with Crippen molar-refractivity contribution in [1.82, 2.24) is 10.3 Å². The lowest BCUT2D eigenvalue weighted by atomic mass is 10.1. The Labute approximate surface area is 382 Å². The van der Waals surface area contributed by atoms with Crippen LogP contribution in [0.5, 0.6) is 11.5 Å². The number of rotatable bonds is 32. The number of ether oxygens (including phenoxy) is 8. The van der Waals surface area contributed by atoms with E-state index >= 15 is 0 Å². The van der Waals surface area contributed by atoms with Crippen molar-refractivity contribution in [2.45, 2.75) is 38.1 Å². The van der Waals surface area contributed by atoms with Crippen LogP contribution in [0.1, 0.15) is 41.6 Å². The predicted octanol–water partition coefficient (Wildman–Crippen LogP) is 5.64. The molecule has 1 aliphatic heterocycles. The summed E-state index contributed by atoms with van der Waals surface area (Å²) >= 11 is 13.3. The van der Waals surface area contributed by atoms with Gasteiger partial charge >= 0.3 is 0 Å². The number of benzene rings is 2. The number of aryl methyl sites for hydroxylation is 1. The van der Waals surface area contributed by atoms with E-state index in [0.717, 1.165) is 24.3 Å². The summed E-state index contributed by atoms with van der Waals surface area (Å²) in [6.07, 6.45) is 10.4. The number of hydrogen-bond donors (Lipinski definition) is 2. The molecule has 5 rings (SSSR count). The van der Waals surface area contributed by atoms with Gasteiger partial charge in [0.1, 0.15) is 17.1 Å². The summed E-state index contributed by atoms with van der Waals surface area (Å²) in [5, 5.41) is 3.55.